The van der Waals surface area contributed by atoms with Crippen LogP contribution in [0.15, 0.2) is 76.2 Å². The maximum atomic E-state index is 13.3. The van der Waals surface area contributed by atoms with Gasteiger partial charge in [-0.2, -0.15) is 0 Å². The molecule has 1 atom stereocenters. The predicted octanol–water partition coefficient (Wildman–Crippen LogP) is 5.99. The highest BCUT2D eigenvalue weighted by atomic mass is 16.5. The number of allylic oxidation sites excluding steroid dienone is 3. The number of likely N-dealkylation sites (N-methyl/N-ethyl adjacent to an activating group) is 1. The Morgan fingerprint density at radius 3 is 2.61 bits per heavy atom. The minimum atomic E-state index is -0.319. The van der Waals surface area contributed by atoms with Crippen LogP contribution in [0.3, 0.4) is 0 Å². The number of hydrogen-bond donors (Lipinski definition) is 0. The molecule has 0 fully saturated rings. The van der Waals surface area contributed by atoms with Crippen LogP contribution in [0.25, 0.3) is 6.08 Å². The zero-order valence-corrected chi connectivity index (χ0v) is 22.8. The Morgan fingerprint density at radius 2 is 1.89 bits per heavy atom. The minimum absolute atomic E-state index is 0.149. The van der Waals surface area contributed by atoms with Gasteiger partial charge in [-0.3, -0.25) is 4.79 Å². The number of aliphatic imine (C=N–C) groups is 1. The van der Waals surface area contributed by atoms with E-state index in [1.54, 1.807) is 25.0 Å². The summed E-state index contributed by atoms with van der Waals surface area (Å²) < 4.78 is 13.0. The van der Waals surface area contributed by atoms with Crippen LogP contribution >= 0.6 is 0 Å². The van der Waals surface area contributed by atoms with E-state index < -0.39 is 0 Å². The molecule has 0 saturated heterocycles. The molecule has 0 bridgehead atoms. The Hall–Kier alpha value is -4.06. The van der Waals surface area contributed by atoms with E-state index in [4.69, 9.17) is 14.5 Å². The molecule has 0 amide bonds. The van der Waals surface area contributed by atoms with Crippen molar-refractivity contribution in [3.05, 3.63) is 99.1 Å². The summed E-state index contributed by atoms with van der Waals surface area (Å²) >= 11 is 0. The van der Waals surface area contributed by atoms with Crippen LogP contribution < -0.4 is 19.9 Å². The number of hydrogen-bond acceptors (Lipinski definition) is 5. The summed E-state index contributed by atoms with van der Waals surface area (Å²) in [6.07, 6.45) is 10.5. The maximum absolute atomic E-state index is 13.3. The Balaban J connectivity index is 1.63. The van der Waals surface area contributed by atoms with Crippen molar-refractivity contribution in [3.8, 4) is 11.5 Å². The van der Waals surface area contributed by atoms with Gasteiger partial charge in [0.05, 0.1) is 14.2 Å². The highest BCUT2D eigenvalue weighted by Crippen LogP contribution is 2.50. The third-order valence-corrected chi connectivity index (χ3v) is 7.82. The normalized spacial score (nSPS) is 19.2. The fourth-order valence-corrected chi connectivity index (χ4v) is 5.91. The van der Waals surface area contributed by atoms with Gasteiger partial charge < -0.3 is 18.9 Å². The molecule has 2 aromatic carbocycles. The van der Waals surface area contributed by atoms with Crippen LogP contribution in [0, 0.1) is 0 Å². The lowest BCUT2D eigenvalue weighted by Gasteiger charge is -2.30. The Morgan fingerprint density at radius 1 is 1.11 bits per heavy atom. The van der Waals surface area contributed by atoms with E-state index in [9.17, 15) is 4.79 Å². The molecule has 196 valence electrons. The lowest BCUT2D eigenvalue weighted by molar-refractivity contribution is 0.411. The number of anilines is 1. The molecule has 0 spiro atoms. The number of ether oxygens (including phenoxy) is 2. The average molecular weight is 510 g/mol. The first kappa shape index (κ1) is 25.6. The summed E-state index contributed by atoms with van der Waals surface area (Å²) in [5, 5.41) is 0. The Kier molecular flexibility index (Phi) is 6.98. The number of benzene rings is 2. The van der Waals surface area contributed by atoms with Crippen LogP contribution in [-0.4, -0.2) is 31.5 Å². The molecule has 6 nitrogen and oxygen atoms in total. The zero-order chi connectivity index (χ0) is 26.9. The number of rotatable bonds is 7. The second-order valence-electron chi connectivity index (χ2n) is 10.00. The first-order valence-electron chi connectivity index (χ1n) is 13.1. The molecule has 6 heteroatoms. The van der Waals surface area contributed by atoms with Gasteiger partial charge in [-0.15, -0.1) is 0 Å². The van der Waals surface area contributed by atoms with E-state index in [0.717, 1.165) is 48.5 Å². The molecule has 2 heterocycles. The molecule has 2 aliphatic rings. The molecule has 0 radical (unpaired) electrons. The van der Waals surface area contributed by atoms with Crippen LogP contribution in [0.1, 0.15) is 42.7 Å². The molecular formula is C32H35N3O3. The van der Waals surface area contributed by atoms with Gasteiger partial charge in [0.25, 0.3) is 5.56 Å². The fourth-order valence-electron chi connectivity index (χ4n) is 5.91. The molecule has 3 aromatic rings. The first-order chi connectivity index (χ1) is 18.4. The van der Waals surface area contributed by atoms with Crippen molar-refractivity contribution in [3.63, 3.8) is 0 Å². The standard InChI is InChI=1S/C32H35N3O3/c1-6-35-27-17-16-23(37-4)20-25(27)32(2,21-22-12-8-7-9-13-22)28(35)18-19-33-29-30(38-5)24-14-10-11-15-26(24)34(3)31(29)36/h7-10,12-14,16-20H,6,11,15,21H2,1-5H3/b28-18-,33-19?. The smallest absolute Gasteiger partial charge is 0.280 e. The highest BCUT2D eigenvalue weighted by molar-refractivity contribution is 5.83. The van der Waals surface area contributed by atoms with Crippen LogP contribution in [0.2, 0.25) is 0 Å². The van der Waals surface area contributed by atoms with Gasteiger partial charge in [0.15, 0.2) is 11.4 Å². The molecule has 1 aliphatic carbocycles. The van der Waals surface area contributed by atoms with Gasteiger partial charge in [-0.1, -0.05) is 42.5 Å². The van der Waals surface area contributed by atoms with Crippen molar-refractivity contribution in [2.75, 3.05) is 25.7 Å². The zero-order valence-electron chi connectivity index (χ0n) is 22.8. The largest absolute Gasteiger partial charge is 0.497 e. The minimum Gasteiger partial charge on any atom is -0.497 e. The van der Waals surface area contributed by atoms with E-state index in [1.807, 2.05) is 31.3 Å². The summed E-state index contributed by atoms with van der Waals surface area (Å²) in [5.41, 5.74) is 6.54. The number of pyridine rings is 1. The van der Waals surface area contributed by atoms with Gasteiger partial charge in [0.2, 0.25) is 0 Å². The van der Waals surface area contributed by atoms with Gasteiger partial charge >= 0.3 is 0 Å². The van der Waals surface area contributed by atoms with Crippen molar-refractivity contribution in [1.29, 1.82) is 0 Å². The van der Waals surface area contributed by atoms with E-state index in [2.05, 4.69) is 61.2 Å². The summed E-state index contributed by atoms with van der Waals surface area (Å²) in [7, 11) is 5.12. The fraction of sp³-hybridized carbons (Fsp3) is 0.312. The molecule has 5 rings (SSSR count). The molecule has 1 aromatic heterocycles. The molecule has 1 unspecified atom stereocenters. The predicted molar refractivity (Wildman–Crippen MR) is 155 cm³/mol. The second kappa shape index (κ2) is 10.4. The molecule has 1 aliphatic heterocycles. The van der Waals surface area contributed by atoms with Crippen molar-refractivity contribution < 1.29 is 9.47 Å². The average Bonchev–Trinajstić information content (AvgIpc) is 3.18. The van der Waals surface area contributed by atoms with Crippen LogP contribution in [-0.2, 0) is 25.3 Å². The van der Waals surface area contributed by atoms with Crippen molar-refractivity contribution >= 4 is 23.7 Å². The number of fused-ring (bicyclic) bond motifs is 2. The second-order valence-corrected chi connectivity index (χ2v) is 10.00. The van der Waals surface area contributed by atoms with Gasteiger partial charge in [-0.05, 0) is 68.5 Å². The summed E-state index contributed by atoms with van der Waals surface area (Å²) in [5.74, 6) is 1.37. The van der Waals surface area contributed by atoms with Gasteiger partial charge in [0, 0.05) is 47.9 Å². The van der Waals surface area contributed by atoms with Crippen molar-refractivity contribution in [2.24, 2.45) is 12.0 Å². The lowest BCUT2D eigenvalue weighted by atomic mass is 9.76. The molecule has 38 heavy (non-hydrogen) atoms. The van der Waals surface area contributed by atoms with E-state index in [1.165, 1.54) is 16.8 Å². The molecule has 0 N–H and O–H groups in total. The molecule has 0 saturated carbocycles. The molecular weight excluding hydrogens is 474 g/mol. The van der Waals surface area contributed by atoms with Crippen LogP contribution in [0.5, 0.6) is 11.5 Å². The Bertz CT molecular complexity index is 1500. The van der Waals surface area contributed by atoms with Crippen molar-refractivity contribution in [2.45, 2.75) is 38.5 Å². The summed E-state index contributed by atoms with van der Waals surface area (Å²) in [4.78, 5) is 20.3. The summed E-state index contributed by atoms with van der Waals surface area (Å²) in [6.45, 7) is 5.23. The monoisotopic (exact) mass is 509 g/mol. The number of methoxy groups -OCH3 is 2. The van der Waals surface area contributed by atoms with E-state index in [0.29, 0.717) is 11.4 Å². The lowest BCUT2D eigenvalue weighted by Crippen LogP contribution is -2.30. The van der Waals surface area contributed by atoms with Crippen molar-refractivity contribution in [1.82, 2.24) is 4.57 Å². The first-order valence-corrected chi connectivity index (χ1v) is 13.1. The van der Waals surface area contributed by atoms with Gasteiger partial charge in [0.1, 0.15) is 5.75 Å². The van der Waals surface area contributed by atoms with E-state index in [-0.39, 0.29) is 11.0 Å². The van der Waals surface area contributed by atoms with Crippen LogP contribution in [0.4, 0.5) is 11.4 Å². The highest BCUT2D eigenvalue weighted by Gasteiger charge is 2.43. The SMILES string of the molecule is CCN1/C(=C\C=Nc2c(OC)c3c(n(C)c2=O)CCC=C3)C(C)(Cc2ccccc2)c2cc(OC)ccc21. The van der Waals surface area contributed by atoms with E-state index >= 15 is 0 Å². The third-order valence-electron chi connectivity index (χ3n) is 7.82. The topological polar surface area (TPSA) is 56.1 Å². The number of nitrogens with zero attached hydrogens (tertiary/aromatic N) is 3. The quantitative estimate of drug-likeness (QED) is 0.367. The van der Waals surface area contributed by atoms with Gasteiger partial charge in [-0.25, -0.2) is 4.99 Å². The number of aromatic nitrogens is 1. The maximum Gasteiger partial charge on any atom is 0.280 e. The summed E-state index contributed by atoms with van der Waals surface area (Å²) in [6, 6.07) is 16.8. The Labute approximate surface area is 224 Å². The third kappa shape index (κ3) is 4.24.